The topological polar surface area (TPSA) is 89.3 Å². The van der Waals surface area contributed by atoms with Crippen molar-refractivity contribution in [3.8, 4) is 0 Å². The van der Waals surface area contributed by atoms with E-state index < -0.39 is 15.9 Å². The third kappa shape index (κ3) is 4.04. The predicted molar refractivity (Wildman–Crippen MR) is 75.6 cm³/mol. The minimum absolute atomic E-state index is 0.0328. The molecule has 0 bridgehead atoms. The first kappa shape index (κ1) is 15.7. The van der Waals surface area contributed by atoms with Crippen molar-refractivity contribution in [3.05, 3.63) is 24.3 Å². The van der Waals surface area contributed by atoms with Crippen LogP contribution in [0, 0.1) is 5.92 Å². The van der Waals surface area contributed by atoms with Gasteiger partial charge in [-0.3, -0.25) is 4.79 Å². The van der Waals surface area contributed by atoms with Crippen LogP contribution in [0.4, 0.5) is 5.69 Å². The molecule has 1 aromatic rings. The van der Waals surface area contributed by atoms with Crippen LogP contribution in [0.1, 0.15) is 20.3 Å². The molecule has 0 aromatic heterocycles. The standard InChI is InChI=1S/C13H20N2O3S/c1-4-9(2)12(14)13(16)15-10-7-5-6-8-11(10)19(3,17)18/h5-9,12H,4,14H2,1-3H3,(H,15,16)/t9-,12-/m0/s1. The lowest BCUT2D eigenvalue weighted by molar-refractivity contribution is -0.118. The molecule has 5 nitrogen and oxygen atoms in total. The SMILES string of the molecule is CC[C@H](C)[C@H](N)C(=O)Nc1ccccc1S(C)(=O)=O. The number of carbonyl (C=O) groups is 1. The number of hydrogen-bond donors (Lipinski definition) is 2. The smallest absolute Gasteiger partial charge is 0.241 e. The van der Waals surface area contributed by atoms with E-state index in [9.17, 15) is 13.2 Å². The van der Waals surface area contributed by atoms with Gasteiger partial charge in [-0.25, -0.2) is 8.42 Å². The number of benzene rings is 1. The van der Waals surface area contributed by atoms with Gasteiger partial charge in [-0.15, -0.1) is 0 Å². The maximum atomic E-state index is 12.0. The lowest BCUT2D eigenvalue weighted by Gasteiger charge is -2.18. The molecule has 19 heavy (non-hydrogen) atoms. The van der Waals surface area contributed by atoms with E-state index in [1.807, 2.05) is 13.8 Å². The second-order valence-corrected chi connectivity index (χ2v) is 6.65. The third-order valence-electron chi connectivity index (χ3n) is 3.10. The zero-order valence-corrected chi connectivity index (χ0v) is 12.2. The van der Waals surface area contributed by atoms with Crippen LogP contribution in [0.15, 0.2) is 29.2 Å². The van der Waals surface area contributed by atoms with Crippen molar-refractivity contribution in [3.63, 3.8) is 0 Å². The Kier molecular flexibility index (Phi) is 5.08. The Bertz CT molecular complexity index is 555. The Morgan fingerprint density at radius 2 is 1.95 bits per heavy atom. The van der Waals surface area contributed by atoms with Crippen molar-refractivity contribution >= 4 is 21.4 Å². The number of rotatable bonds is 5. The molecule has 3 N–H and O–H groups in total. The van der Waals surface area contributed by atoms with Crippen LogP contribution in [-0.2, 0) is 14.6 Å². The van der Waals surface area contributed by atoms with Gasteiger partial charge >= 0.3 is 0 Å². The van der Waals surface area contributed by atoms with Gasteiger partial charge in [-0.2, -0.15) is 0 Å². The van der Waals surface area contributed by atoms with Crippen molar-refractivity contribution in [2.24, 2.45) is 11.7 Å². The second kappa shape index (κ2) is 6.16. The number of hydrogen-bond acceptors (Lipinski definition) is 4. The molecule has 0 saturated heterocycles. The number of amides is 1. The van der Waals surface area contributed by atoms with E-state index in [0.29, 0.717) is 0 Å². The molecule has 2 atom stereocenters. The molecule has 1 rings (SSSR count). The monoisotopic (exact) mass is 284 g/mol. The summed E-state index contributed by atoms with van der Waals surface area (Å²) in [5.74, 6) is -0.337. The maximum Gasteiger partial charge on any atom is 0.241 e. The Morgan fingerprint density at radius 3 is 2.47 bits per heavy atom. The minimum atomic E-state index is -3.39. The molecule has 6 heteroatoms. The van der Waals surface area contributed by atoms with E-state index in [2.05, 4.69) is 5.32 Å². The van der Waals surface area contributed by atoms with Gasteiger partial charge in [-0.05, 0) is 18.1 Å². The highest BCUT2D eigenvalue weighted by Gasteiger charge is 2.21. The predicted octanol–water partition coefficient (Wildman–Crippen LogP) is 1.40. The van der Waals surface area contributed by atoms with Crippen LogP contribution in [0.2, 0.25) is 0 Å². The summed E-state index contributed by atoms with van der Waals surface area (Å²) in [5.41, 5.74) is 6.09. The first-order valence-corrected chi connectivity index (χ1v) is 8.02. The van der Waals surface area contributed by atoms with Gasteiger partial charge in [-0.1, -0.05) is 32.4 Å². The summed E-state index contributed by atoms with van der Waals surface area (Å²) in [7, 11) is -3.39. The molecular weight excluding hydrogens is 264 g/mol. The number of anilines is 1. The second-order valence-electron chi connectivity index (χ2n) is 4.67. The molecule has 0 aliphatic carbocycles. The summed E-state index contributed by atoms with van der Waals surface area (Å²) in [5, 5.41) is 2.59. The quantitative estimate of drug-likeness (QED) is 0.855. The van der Waals surface area contributed by atoms with Gasteiger partial charge in [0.2, 0.25) is 5.91 Å². The number of nitrogens with one attached hydrogen (secondary N) is 1. The highest BCUT2D eigenvalue weighted by molar-refractivity contribution is 7.90. The molecule has 0 heterocycles. The molecule has 1 aromatic carbocycles. The molecule has 0 saturated carbocycles. The molecule has 0 aliphatic rings. The van der Waals surface area contributed by atoms with E-state index in [1.165, 1.54) is 6.07 Å². The van der Waals surface area contributed by atoms with Crippen molar-refractivity contribution in [2.45, 2.75) is 31.2 Å². The molecule has 106 valence electrons. The third-order valence-corrected chi connectivity index (χ3v) is 4.26. The van der Waals surface area contributed by atoms with Crippen LogP contribution < -0.4 is 11.1 Å². The number of nitrogens with two attached hydrogens (primary N) is 1. The highest BCUT2D eigenvalue weighted by atomic mass is 32.2. The van der Waals surface area contributed by atoms with Crippen molar-refractivity contribution in [2.75, 3.05) is 11.6 Å². The van der Waals surface area contributed by atoms with Crippen LogP contribution >= 0.6 is 0 Å². The number of para-hydroxylation sites is 1. The van der Waals surface area contributed by atoms with Gasteiger partial charge < -0.3 is 11.1 Å². The van der Waals surface area contributed by atoms with Gasteiger partial charge in [0.05, 0.1) is 16.6 Å². The molecule has 0 fully saturated rings. The summed E-state index contributed by atoms with van der Waals surface area (Å²) < 4.78 is 23.2. The summed E-state index contributed by atoms with van der Waals surface area (Å²) in [6.45, 7) is 3.83. The average molecular weight is 284 g/mol. The zero-order chi connectivity index (χ0) is 14.6. The fourth-order valence-electron chi connectivity index (χ4n) is 1.62. The normalized spacial score (nSPS) is 14.7. The van der Waals surface area contributed by atoms with Crippen molar-refractivity contribution in [1.29, 1.82) is 0 Å². The lowest BCUT2D eigenvalue weighted by Crippen LogP contribution is -2.40. The summed E-state index contributed by atoms with van der Waals surface area (Å²) in [6.07, 6.45) is 1.88. The van der Waals surface area contributed by atoms with E-state index in [1.54, 1.807) is 18.2 Å². The minimum Gasteiger partial charge on any atom is -0.324 e. The van der Waals surface area contributed by atoms with E-state index in [0.717, 1.165) is 12.7 Å². The Balaban J connectivity index is 2.98. The molecular formula is C13H20N2O3S. The van der Waals surface area contributed by atoms with Crippen LogP contribution in [0.25, 0.3) is 0 Å². The molecule has 0 unspecified atom stereocenters. The largest absolute Gasteiger partial charge is 0.324 e. The summed E-state index contributed by atoms with van der Waals surface area (Å²) >= 11 is 0. The Hall–Kier alpha value is -1.40. The van der Waals surface area contributed by atoms with E-state index >= 15 is 0 Å². The zero-order valence-electron chi connectivity index (χ0n) is 11.4. The molecule has 1 amide bonds. The average Bonchev–Trinajstić information content (AvgIpc) is 2.36. The van der Waals surface area contributed by atoms with Gasteiger partial charge in [0, 0.05) is 6.26 Å². The van der Waals surface area contributed by atoms with E-state index in [-0.39, 0.29) is 22.4 Å². The lowest BCUT2D eigenvalue weighted by atomic mass is 9.99. The fraction of sp³-hybridized carbons (Fsp3) is 0.462. The van der Waals surface area contributed by atoms with Gasteiger partial charge in [0.25, 0.3) is 0 Å². The number of sulfone groups is 1. The van der Waals surface area contributed by atoms with Gasteiger partial charge in [0.15, 0.2) is 9.84 Å². The maximum absolute atomic E-state index is 12.0. The number of carbonyl (C=O) groups excluding carboxylic acids is 1. The molecule has 0 aliphatic heterocycles. The van der Waals surface area contributed by atoms with Crippen LogP contribution in [0.5, 0.6) is 0 Å². The summed E-state index contributed by atoms with van der Waals surface area (Å²) in [4.78, 5) is 12.1. The molecule has 0 spiro atoms. The van der Waals surface area contributed by atoms with E-state index in [4.69, 9.17) is 5.73 Å². The van der Waals surface area contributed by atoms with Crippen molar-refractivity contribution < 1.29 is 13.2 Å². The molecule has 0 radical (unpaired) electrons. The Morgan fingerprint density at radius 1 is 1.37 bits per heavy atom. The Labute approximate surface area is 114 Å². The van der Waals surface area contributed by atoms with Crippen LogP contribution in [0.3, 0.4) is 0 Å². The first-order valence-electron chi connectivity index (χ1n) is 6.13. The highest BCUT2D eigenvalue weighted by Crippen LogP contribution is 2.21. The van der Waals surface area contributed by atoms with Crippen LogP contribution in [-0.4, -0.2) is 26.6 Å². The van der Waals surface area contributed by atoms with Crippen molar-refractivity contribution in [1.82, 2.24) is 0 Å². The fourth-order valence-corrected chi connectivity index (χ4v) is 2.47. The first-order chi connectivity index (χ1) is 8.77. The summed E-state index contributed by atoms with van der Waals surface area (Å²) in [6, 6.07) is 5.63. The van der Waals surface area contributed by atoms with Gasteiger partial charge in [0.1, 0.15) is 0 Å².